The topological polar surface area (TPSA) is 62.6 Å². The minimum absolute atomic E-state index is 0.0164. The van der Waals surface area contributed by atoms with E-state index in [0.717, 1.165) is 24.5 Å². The quantitative estimate of drug-likeness (QED) is 0.853. The van der Waals surface area contributed by atoms with Crippen molar-refractivity contribution in [2.45, 2.75) is 12.3 Å². The number of hydrogen-bond acceptors (Lipinski definition) is 4. The Hall–Kier alpha value is -3.00. The number of carbonyl (C=O) groups is 1. The third kappa shape index (κ3) is 2.56. The lowest BCUT2D eigenvalue weighted by Crippen LogP contribution is -2.28. The first kappa shape index (κ1) is 14.6. The van der Waals surface area contributed by atoms with E-state index in [1.807, 2.05) is 23.1 Å². The molecule has 5 heteroatoms. The molecule has 0 spiro atoms. The van der Waals surface area contributed by atoms with Crippen molar-refractivity contribution in [3.8, 4) is 17.6 Å². The van der Waals surface area contributed by atoms with Crippen molar-refractivity contribution in [2.24, 2.45) is 0 Å². The van der Waals surface area contributed by atoms with Crippen molar-refractivity contribution in [3.05, 3.63) is 59.2 Å². The van der Waals surface area contributed by atoms with Gasteiger partial charge in [0, 0.05) is 24.6 Å². The summed E-state index contributed by atoms with van der Waals surface area (Å²) in [6.07, 6.45) is 0.932. The first-order chi connectivity index (χ1) is 11.7. The zero-order chi connectivity index (χ0) is 16.5. The second kappa shape index (κ2) is 5.89. The van der Waals surface area contributed by atoms with Crippen LogP contribution in [0.5, 0.6) is 11.5 Å². The number of benzene rings is 2. The van der Waals surface area contributed by atoms with Crippen molar-refractivity contribution in [1.29, 1.82) is 5.26 Å². The number of nitrogens with zero attached hydrogens (tertiary/aromatic N) is 2. The maximum Gasteiger partial charge on any atom is 0.253 e. The van der Waals surface area contributed by atoms with E-state index in [0.29, 0.717) is 23.6 Å². The number of ether oxygens (including phenoxy) is 2. The molecule has 1 amide bonds. The van der Waals surface area contributed by atoms with Crippen LogP contribution in [-0.4, -0.2) is 30.7 Å². The molecule has 1 saturated heterocycles. The number of likely N-dealkylation sites (tertiary alicyclic amines) is 1. The number of hydrogen-bond donors (Lipinski definition) is 0. The Morgan fingerprint density at radius 1 is 1.12 bits per heavy atom. The third-order valence-electron chi connectivity index (χ3n) is 4.60. The Bertz CT molecular complexity index is 823. The molecule has 1 unspecified atom stereocenters. The standard InChI is InChI=1S/C19H16N2O3/c20-10-13-1-3-14(4-2-13)19(22)21-8-7-16(11-21)15-5-6-17-18(9-15)24-12-23-17/h1-6,9,16H,7-8,11-12H2. The number of amides is 1. The largest absolute Gasteiger partial charge is 0.454 e. The van der Waals surface area contributed by atoms with Crippen molar-refractivity contribution in [3.63, 3.8) is 0 Å². The highest BCUT2D eigenvalue weighted by Gasteiger charge is 2.29. The molecule has 0 radical (unpaired) electrons. The molecule has 0 saturated carbocycles. The maximum atomic E-state index is 12.6. The summed E-state index contributed by atoms with van der Waals surface area (Å²) in [6.45, 7) is 1.70. The Balaban J connectivity index is 1.47. The molecular weight excluding hydrogens is 304 g/mol. The molecular formula is C19H16N2O3. The molecule has 4 rings (SSSR count). The first-order valence-corrected chi connectivity index (χ1v) is 7.93. The summed E-state index contributed by atoms with van der Waals surface area (Å²) in [5, 5.41) is 8.84. The first-order valence-electron chi connectivity index (χ1n) is 7.93. The number of carbonyl (C=O) groups excluding carboxylic acids is 1. The van der Waals surface area contributed by atoms with E-state index in [4.69, 9.17) is 14.7 Å². The molecule has 1 atom stereocenters. The highest BCUT2D eigenvalue weighted by Crippen LogP contribution is 2.37. The van der Waals surface area contributed by atoms with Gasteiger partial charge in [0.2, 0.25) is 6.79 Å². The third-order valence-corrected chi connectivity index (χ3v) is 4.60. The number of fused-ring (bicyclic) bond motifs is 1. The number of rotatable bonds is 2. The second-order valence-corrected chi connectivity index (χ2v) is 6.04. The molecule has 0 N–H and O–H groups in total. The summed E-state index contributed by atoms with van der Waals surface area (Å²) < 4.78 is 10.8. The van der Waals surface area contributed by atoms with Gasteiger partial charge in [-0.1, -0.05) is 6.07 Å². The molecule has 2 aliphatic heterocycles. The van der Waals surface area contributed by atoms with E-state index in [-0.39, 0.29) is 12.7 Å². The van der Waals surface area contributed by atoms with Gasteiger partial charge in [-0.05, 0) is 48.4 Å². The fourth-order valence-corrected chi connectivity index (χ4v) is 3.25. The Kier molecular flexibility index (Phi) is 3.58. The summed E-state index contributed by atoms with van der Waals surface area (Å²) in [4.78, 5) is 14.5. The van der Waals surface area contributed by atoms with E-state index in [9.17, 15) is 4.79 Å². The zero-order valence-corrected chi connectivity index (χ0v) is 13.1. The SMILES string of the molecule is N#Cc1ccc(C(=O)N2CCC(c3ccc4c(c3)OCO4)C2)cc1. The molecule has 120 valence electrons. The fourth-order valence-electron chi connectivity index (χ4n) is 3.25. The van der Waals surface area contributed by atoms with Gasteiger partial charge in [0.25, 0.3) is 5.91 Å². The highest BCUT2D eigenvalue weighted by atomic mass is 16.7. The van der Waals surface area contributed by atoms with Crippen molar-refractivity contribution < 1.29 is 14.3 Å². The van der Waals surface area contributed by atoms with E-state index in [2.05, 4.69) is 6.07 Å². The van der Waals surface area contributed by atoms with Crippen LogP contribution in [0.2, 0.25) is 0 Å². The van der Waals surface area contributed by atoms with Gasteiger partial charge >= 0.3 is 0 Å². The van der Waals surface area contributed by atoms with Gasteiger partial charge in [0.05, 0.1) is 11.6 Å². The lowest BCUT2D eigenvalue weighted by atomic mass is 9.98. The molecule has 2 heterocycles. The summed E-state index contributed by atoms with van der Waals surface area (Å²) in [5.41, 5.74) is 2.36. The van der Waals surface area contributed by atoms with E-state index >= 15 is 0 Å². The Labute approximate surface area is 140 Å². The minimum Gasteiger partial charge on any atom is -0.454 e. The summed E-state index contributed by atoms with van der Waals surface area (Å²) in [5.74, 6) is 1.89. The lowest BCUT2D eigenvalue weighted by molar-refractivity contribution is 0.0791. The smallest absolute Gasteiger partial charge is 0.253 e. The summed E-state index contributed by atoms with van der Waals surface area (Å²) in [6, 6.07) is 14.9. The molecule has 24 heavy (non-hydrogen) atoms. The number of nitriles is 1. The molecule has 2 aromatic carbocycles. The lowest BCUT2D eigenvalue weighted by Gasteiger charge is -2.17. The van der Waals surface area contributed by atoms with Gasteiger partial charge in [0.1, 0.15) is 0 Å². The molecule has 2 aliphatic rings. The average molecular weight is 320 g/mol. The highest BCUT2D eigenvalue weighted by molar-refractivity contribution is 5.94. The molecule has 2 aromatic rings. The molecule has 0 bridgehead atoms. The fraction of sp³-hybridized carbons (Fsp3) is 0.263. The molecule has 5 nitrogen and oxygen atoms in total. The molecule has 0 aromatic heterocycles. The Morgan fingerprint density at radius 2 is 1.92 bits per heavy atom. The van der Waals surface area contributed by atoms with Crippen molar-refractivity contribution in [1.82, 2.24) is 4.90 Å². The summed E-state index contributed by atoms with van der Waals surface area (Å²) in [7, 11) is 0. The van der Waals surface area contributed by atoms with Crippen LogP contribution in [0.15, 0.2) is 42.5 Å². The maximum absolute atomic E-state index is 12.6. The van der Waals surface area contributed by atoms with Crippen molar-refractivity contribution >= 4 is 5.91 Å². The van der Waals surface area contributed by atoms with Crippen LogP contribution in [0.4, 0.5) is 0 Å². The van der Waals surface area contributed by atoms with E-state index in [1.54, 1.807) is 24.3 Å². The van der Waals surface area contributed by atoms with Crippen LogP contribution in [0, 0.1) is 11.3 Å². The predicted octanol–water partition coefficient (Wildman–Crippen LogP) is 2.92. The monoisotopic (exact) mass is 320 g/mol. The van der Waals surface area contributed by atoms with Gasteiger partial charge in [0.15, 0.2) is 11.5 Å². The Morgan fingerprint density at radius 3 is 2.71 bits per heavy atom. The molecule has 1 fully saturated rings. The minimum atomic E-state index is 0.0164. The zero-order valence-electron chi connectivity index (χ0n) is 13.1. The van der Waals surface area contributed by atoms with Gasteiger partial charge in [-0.3, -0.25) is 4.79 Å². The van der Waals surface area contributed by atoms with Crippen LogP contribution in [0.3, 0.4) is 0 Å². The van der Waals surface area contributed by atoms with Crippen LogP contribution in [0.25, 0.3) is 0 Å². The van der Waals surface area contributed by atoms with E-state index < -0.39 is 0 Å². The van der Waals surface area contributed by atoms with Crippen LogP contribution in [-0.2, 0) is 0 Å². The van der Waals surface area contributed by atoms with Crippen LogP contribution >= 0.6 is 0 Å². The van der Waals surface area contributed by atoms with Crippen LogP contribution < -0.4 is 9.47 Å². The van der Waals surface area contributed by atoms with Gasteiger partial charge in [-0.25, -0.2) is 0 Å². The normalized spacial score (nSPS) is 18.5. The molecule has 0 aliphatic carbocycles. The second-order valence-electron chi connectivity index (χ2n) is 6.04. The van der Waals surface area contributed by atoms with Gasteiger partial charge < -0.3 is 14.4 Å². The van der Waals surface area contributed by atoms with Gasteiger partial charge in [-0.2, -0.15) is 5.26 Å². The van der Waals surface area contributed by atoms with Crippen molar-refractivity contribution in [2.75, 3.05) is 19.9 Å². The average Bonchev–Trinajstić information content (AvgIpc) is 3.29. The van der Waals surface area contributed by atoms with Gasteiger partial charge in [-0.15, -0.1) is 0 Å². The van der Waals surface area contributed by atoms with Crippen LogP contribution in [0.1, 0.15) is 33.8 Å². The predicted molar refractivity (Wildman–Crippen MR) is 87.0 cm³/mol. The van der Waals surface area contributed by atoms with E-state index in [1.165, 1.54) is 5.56 Å². The summed E-state index contributed by atoms with van der Waals surface area (Å²) >= 11 is 0.